The number of likely N-dealkylation sites (tertiary alicyclic amines) is 1. The Labute approximate surface area is 94.4 Å². The summed E-state index contributed by atoms with van der Waals surface area (Å²) in [4.78, 5) is 35.1. The van der Waals surface area contributed by atoms with Gasteiger partial charge < -0.3 is 5.11 Å². The Hall–Kier alpha value is -1.39. The molecule has 0 aromatic rings. The molecule has 0 aliphatic carbocycles. The predicted octanol–water partition coefficient (Wildman–Crippen LogP) is 1.17. The van der Waals surface area contributed by atoms with Gasteiger partial charge in [-0.05, 0) is 12.8 Å². The van der Waals surface area contributed by atoms with Crippen molar-refractivity contribution in [3.05, 3.63) is 0 Å². The quantitative estimate of drug-likeness (QED) is 0.715. The Morgan fingerprint density at radius 1 is 1.38 bits per heavy atom. The highest BCUT2D eigenvalue weighted by Gasteiger charge is 2.32. The Morgan fingerprint density at radius 2 is 1.94 bits per heavy atom. The average molecular weight is 227 g/mol. The second-order valence-corrected chi connectivity index (χ2v) is 4.05. The summed E-state index contributed by atoms with van der Waals surface area (Å²) in [5, 5.41) is 8.76. The monoisotopic (exact) mass is 227 g/mol. The predicted molar refractivity (Wildman–Crippen MR) is 56.7 cm³/mol. The lowest BCUT2D eigenvalue weighted by molar-refractivity contribution is -0.152. The Balaban J connectivity index is 2.77. The molecule has 1 heterocycles. The molecule has 1 rings (SSSR count). The number of piperidine rings is 1. The van der Waals surface area contributed by atoms with E-state index < -0.39 is 12.0 Å². The Morgan fingerprint density at radius 3 is 2.38 bits per heavy atom. The SMILES string of the molecule is CCCC(CC(=O)O)N1C(=O)CCCC1=O. The van der Waals surface area contributed by atoms with Crippen LogP contribution in [0.4, 0.5) is 0 Å². The summed E-state index contributed by atoms with van der Waals surface area (Å²) in [6.45, 7) is 1.91. The van der Waals surface area contributed by atoms with Gasteiger partial charge in [0.1, 0.15) is 0 Å². The summed E-state index contributed by atoms with van der Waals surface area (Å²) in [7, 11) is 0. The van der Waals surface area contributed by atoms with Gasteiger partial charge in [-0.25, -0.2) is 0 Å². The molecule has 1 saturated heterocycles. The number of carboxylic acid groups (broad SMARTS) is 1. The minimum absolute atomic E-state index is 0.148. The molecule has 90 valence electrons. The normalized spacial score (nSPS) is 18.7. The van der Waals surface area contributed by atoms with Crippen LogP contribution in [0.5, 0.6) is 0 Å². The van der Waals surface area contributed by atoms with Crippen molar-refractivity contribution in [3.8, 4) is 0 Å². The number of nitrogens with zero attached hydrogens (tertiary/aromatic N) is 1. The first kappa shape index (κ1) is 12.7. The first-order valence-electron chi connectivity index (χ1n) is 5.63. The molecule has 0 saturated carbocycles. The first-order chi connectivity index (χ1) is 7.56. The van der Waals surface area contributed by atoms with E-state index in [0.29, 0.717) is 25.7 Å². The number of hydrogen-bond acceptors (Lipinski definition) is 3. The van der Waals surface area contributed by atoms with E-state index in [2.05, 4.69) is 0 Å². The molecule has 1 unspecified atom stereocenters. The molecule has 1 fully saturated rings. The van der Waals surface area contributed by atoms with Crippen LogP contribution in [0.1, 0.15) is 45.4 Å². The van der Waals surface area contributed by atoms with Gasteiger partial charge in [0.15, 0.2) is 0 Å². The molecule has 0 radical (unpaired) electrons. The van der Waals surface area contributed by atoms with Crippen LogP contribution in [0.15, 0.2) is 0 Å². The highest BCUT2D eigenvalue weighted by Crippen LogP contribution is 2.20. The van der Waals surface area contributed by atoms with Gasteiger partial charge >= 0.3 is 5.97 Å². The standard InChI is InChI=1S/C11H17NO4/c1-2-4-8(7-11(15)16)12-9(13)5-3-6-10(12)14/h8H,2-7H2,1H3,(H,15,16). The summed E-state index contributed by atoms with van der Waals surface area (Å²) in [5.41, 5.74) is 0. The molecular formula is C11H17NO4. The number of carbonyl (C=O) groups excluding carboxylic acids is 2. The summed E-state index contributed by atoms with van der Waals surface area (Å²) < 4.78 is 0. The van der Waals surface area contributed by atoms with Gasteiger partial charge in [-0.3, -0.25) is 19.3 Å². The summed E-state index contributed by atoms with van der Waals surface area (Å²) in [6, 6.07) is -0.470. The summed E-state index contributed by atoms with van der Waals surface area (Å²) >= 11 is 0. The van der Waals surface area contributed by atoms with E-state index in [1.807, 2.05) is 6.92 Å². The molecule has 5 heteroatoms. The number of amides is 2. The van der Waals surface area contributed by atoms with Crippen molar-refractivity contribution < 1.29 is 19.5 Å². The number of hydrogen-bond donors (Lipinski definition) is 1. The maximum Gasteiger partial charge on any atom is 0.305 e. The minimum Gasteiger partial charge on any atom is -0.481 e. The van der Waals surface area contributed by atoms with Gasteiger partial charge in [-0.2, -0.15) is 0 Å². The number of carboxylic acids is 1. The van der Waals surface area contributed by atoms with Crippen LogP contribution < -0.4 is 0 Å². The van der Waals surface area contributed by atoms with E-state index >= 15 is 0 Å². The number of rotatable bonds is 5. The lowest BCUT2D eigenvalue weighted by atomic mass is 10.0. The van der Waals surface area contributed by atoms with Crippen molar-refractivity contribution in [3.63, 3.8) is 0 Å². The van der Waals surface area contributed by atoms with Crippen LogP contribution in [0.2, 0.25) is 0 Å². The molecule has 1 aliphatic heterocycles. The molecule has 2 amide bonds. The van der Waals surface area contributed by atoms with E-state index in [9.17, 15) is 14.4 Å². The largest absolute Gasteiger partial charge is 0.481 e. The maximum atomic E-state index is 11.6. The zero-order chi connectivity index (χ0) is 12.1. The zero-order valence-corrected chi connectivity index (χ0v) is 9.44. The van der Waals surface area contributed by atoms with Crippen molar-refractivity contribution in [2.75, 3.05) is 0 Å². The summed E-state index contributed by atoms with van der Waals surface area (Å²) in [6.07, 6.45) is 2.46. The molecule has 16 heavy (non-hydrogen) atoms. The third-order valence-electron chi connectivity index (χ3n) is 2.72. The fourth-order valence-electron chi connectivity index (χ4n) is 2.04. The second kappa shape index (κ2) is 5.63. The lowest BCUT2D eigenvalue weighted by Crippen LogP contribution is -2.47. The zero-order valence-electron chi connectivity index (χ0n) is 9.44. The van der Waals surface area contributed by atoms with E-state index in [1.54, 1.807) is 0 Å². The fraction of sp³-hybridized carbons (Fsp3) is 0.727. The van der Waals surface area contributed by atoms with Crippen LogP contribution in [0.25, 0.3) is 0 Å². The van der Waals surface area contributed by atoms with Gasteiger partial charge in [0.2, 0.25) is 11.8 Å². The molecule has 1 aliphatic rings. The lowest BCUT2D eigenvalue weighted by Gasteiger charge is -2.32. The second-order valence-electron chi connectivity index (χ2n) is 4.05. The van der Waals surface area contributed by atoms with Crippen molar-refractivity contribution in [2.24, 2.45) is 0 Å². The Bertz CT molecular complexity index is 284. The third-order valence-corrected chi connectivity index (χ3v) is 2.72. The van der Waals surface area contributed by atoms with Gasteiger partial charge in [-0.15, -0.1) is 0 Å². The highest BCUT2D eigenvalue weighted by molar-refractivity contribution is 5.98. The smallest absolute Gasteiger partial charge is 0.305 e. The molecule has 5 nitrogen and oxygen atoms in total. The van der Waals surface area contributed by atoms with Gasteiger partial charge in [0.25, 0.3) is 0 Å². The van der Waals surface area contributed by atoms with E-state index in [4.69, 9.17) is 5.11 Å². The van der Waals surface area contributed by atoms with Crippen molar-refractivity contribution in [2.45, 2.75) is 51.5 Å². The van der Waals surface area contributed by atoms with Gasteiger partial charge in [0.05, 0.1) is 12.5 Å². The first-order valence-corrected chi connectivity index (χ1v) is 5.63. The Kier molecular flexibility index (Phi) is 4.46. The van der Waals surface area contributed by atoms with Gasteiger partial charge in [-0.1, -0.05) is 13.3 Å². The number of aliphatic carboxylic acids is 1. The van der Waals surface area contributed by atoms with Crippen molar-refractivity contribution >= 4 is 17.8 Å². The van der Waals surface area contributed by atoms with Crippen molar-refractivity contribution in [1.82, 2.24) is 4.90 Å². The topological polar surface area (TPSA) is 74.7 Å². The molecule has 1 atom stereocenters. The molecule has 0 aromatic heterocycles. The average Bonchev–Trinajstić information content (AvgIpc) is 2.16. The molecule has 0 spiro atoms. The van der Waals surface area contributed by atoms with Crippen LogP contribution >= 0.6 is 0 Å². The highest BCUT2D eigenvalue weighted by atomic mass is 16.4. The maximum absolute atomic E-state index is 11.6. The van der Waals surface area contributed by atoms with Crippen LogP contribution in [0.3, 0.4) is 0 Å². The third kappa shape index (κ3) is 3.05. The number of imide groups is 1. The van der Waals surface area contributed by atoms with E-state index in [-0.39, 0.29) is 18.2 Å². The number of carbonyl (C=O) groups is 3. The van der Waals surface area contributed by atoms with Crippen LogP contribution in [-0.2, 0) is 14.4 Å². The molecule has 0 aromatic carbocycles. The van der Waals surface area contributed by atoms with Crippen LogP contribution in [0, 0.1) is 0 Å². The molecule has 1 N–H and O–H groups in total. The van der Waals surface area contributed by atoms with E-state index in [1.165, 1.54) is 4.90 Å². The van der Waals surface area contributed by atoms with Crippen LogP contribution in [-0.4, -0.2) is 33.8 Å². The molecular weight excluding hydrogens is 210 g/mol. The van der Waals surface area contributed by atoms with Crippen molar-refractivity contribution in [1.29, 1.82) is 0 Å². The minimum atomic E-state index is -0.968. The fourth-order valence-corrected chi connectivity index (χ4v) is 2.04. The van der Waals surface area contributed by atoms with Gasteiger partial charge in [0, 0.05) is 12.8 Å². The molecule has 0 bridgehead atoms. The summed E-state index contributed by atoms with van der Waals surface area (Å²) in [5.74, 6) is -1.42. The van der Waals surface area contributed by atoms with E-state index in [0.717, 1.165) is 6.42 Å².